The third kappa shape index (κ3) is 4.32. The lowest BCUT2D eigenvalue weighted by Gasteiger charge is -2.32. The minimum absolute atomic E-state index is 0.575. The summed E-state index contributed by atoms with van der Waals surface area (Å²) in [6, 6.07) is 8.55. The lowest BCUT2D eigenvalue weighted by Crippen LogP contribution is -2.39. The van der Waals surface area contributed by atoms with Crippen molar-refractivity contribution >= 4 is 16.5 Å². The van der Waals surface area contributed by atoms with E-state index in [9.17, 15) is 4.21 Å². The van der Waals surface area contributed by atoms with Gasteiger partial charge in [0.15, 0.2) is 0 Å². The predicted octanol–water partition coefficient (Wildman–Crippen LogP) is 2.71. The minimum atomic E-state index is -0.886. The first-order valence-electron chi connectivity index (χ1n) is 7.11. The monoisotopic (exact) mass is 280 g/mol. The zero-order chi connectivity index (χ0) is 13.7. The van der Waals surface area contributed by atoms with E-state index in [1.165, 1.54) is 38.9 Å². The minimum Gasteiger partial charge on any atom is -0.382 e. The van der Waals surface area contributed by atoms with Crippen LogP contribution >= 0.6 is 0 Å². The van der Waals surface area contributed by atoms with Gasteiger partial charge in [-0.05, 0) is 50.1 Å². The molecular weight excluding hydrogens is 256 g/mol. The standard InChI is InChI=1S/C15H24N2OS/c1-3-10-17-11-8-14(9-12-17)16-13-4-6-15(7-5-13)19(2)18/h4-7,14,16H,3,8-12H2,1-2H3/t19-/m0/s1. The summed E-state index contributed by atoms with van der Waals surface area (Å²) >= 11 is 0. The third-order valence-corrected chi connectivity index (χ3v) is 4.62. The Morgan fingerprint density at radius 1 is 1.26 bits per heavy atom. The number of nitrogens with zero attached hydrogens (tertiary/aromatic N) is 1. The van der Waals surface area contributed by atoms with Gasteiger partial charge in [0.25, 0.3) is 0 Å². The normalized spacial score (nSPS) is 19.3. The van der Waals surface area contributed by atoms with Gasteiger partial charge >= 0.3 is 0 Å². The van der Waals surface area contributed by atoms with E-state index in [1.807, 2.05) is 24.3 Å². The predicted molar refractivity (Wildman–Crippen MR) is 82.2 cm³/mol. The molecule has 1 fully saturated rings. The molecule has 106 valence electrons. The fraction of sp³-hybridized carbons (Fsp3) is 0.600. The van der Waals surface area contributed by atoms with Crippen LogP contribution in [0.1, 0.15) is 26.2 Å². The molecule has 1 N–H and O–H groups in total. The Bertz CT molecular complexity index is 411. The van der Waals surface area contributed by atoms with Gasteiger partial charge in [0.05, 0.1) is 0 Å². The second-order valence-electron chi connectivity index (χ2n) is 5.24. The van der Waals surface area contributed by atoms with Crippen molar-refractivity contribution in [2.45, 2.75) is 37.1 Å². The van der Waals surface area contributed by atoms with E-state index < -0.39 is 10.8 Å². The molecule has 1 aromatic rings. The molecule has 1 heterocycles. The summed E-state index contributed by atoms with van der Waals surface area (Å²) in [4.78, 5) is 3.44. The highest BCUT2D eigenvalue weighted by molar-refractivity contribution is 7.84. The van der Waals surface area contributed by atoms with Crippen molar-refractivity contribution in [2.24, 2.45) is 0 Å². The highest BCUT2D eigenvalue weighted by Gasteiger charge is 2.18. The van der Waals surface area contributed by atoms with E-state index in [2.05, 4.69) is 17.1 Å². The Morgan fingerprint density at radius 3 is 2.42 bits per heavy atom. The molecule has 0 amide bonds. The fourth-order valence-electron chi connectivity index (χ4n) is 2.60. The number of rotatable bonds is 5. The Morgan fingerprint density at radius 2 is 1.89 bits per heavy atom. The summed E-state index contributed by atoms with van der Waals surface area (Å²) in [7, 11) is -0.886. The SMILES string of the molecule is CCCN1CCC(Nc2ccc([S@](C)=O)cc2)CC1. The zero-order valence-corrected chi connectivity index (χ0v) is 12.7. The third-order valence-electron chi connectivity index (χ3n) is 3.68. The summed E-state index contributed by atoms with van der Waals surface area (Å²) in [6.07, 6.45) is 5.38. The first-order valence-corrected chi connectivity index (χ1v) is 8.67. The van der Waals surface area contributed by atoms with E-state index in [1.54, 1.807) is 6.26 Å². The molecule has 0 aliphatic carbocycles. The van der Waals surface area contributed by atoms with Gasteiger partial charge in [0.2, 0.25) is 0 Å². The number of anilines is 1. The van der Waals surface area contributed by atoms with Gasteiger partial charge in [-0.2, -0.15) is 0 Å². The van der Waals surface area contributed by atoms with Crippen molar-refractivity contribution in [1.82, 2.24) is 4.90 Å². The maximum Gasteiger partial charge on any atom is 0.0498 e. The van der Waals surface area contributed by atoms with Crippen molar-refractivity contribution < 1.29 is 4.21 Å². The van der Waals surface area contributed by atoms with Crippen molar-refractivity contribution in [2.75, 3.05) is 31.2 Å². The van der Waals surface area contributed by atoms with E-state index in [4.69, 9.17) is 0 Å². The van der Waals surface area contributed by atoms with Crippen LogP contribution in [0.25, 0.3) is 0 Å². The number of hydrogen-bond donors (Lipinski definition) is 1. The van der Waals surface area contributed by atoms with Gasteiger partial charge in [-0.25, -0.2) is 0 Å². The van der Waals surface area contributed by atoms with Gasteiger partial charge in [0, 0.05) is 46.8 Å². The number of hydrogen-bond acceptors (Lipinski definition) is 3. The molecule has 2 rings (SSSR count). The molecule has 1 saturated heterocycles. The van der Waals surface area contributed by atoms with Gasteiger partial charge < -0.3 is 10.2 Å². The van der Waals surface area contributed by atoms with Crippen LogP contribution < -0.4 is 5.32 Å². The van der Waals surface area contributed by atoms with Crippen LogP contribution in [0.4, 0.5) is 5.69 Å². The Labute approximate surface area is 118 Å². The van der Waals surface area contributed by atoms with Crippen LogP contribution in [0.3, 0.4) is 0 Å². The lowest BCUT2D eigenvalue weighted by atomic mass is 10.0. The lowest BCUT2D eigenvalue weighted by molar-refractivity contribution is 0.219. The molecule has 0 radical (unpaired) electrons. The molecular formula is C15H24N2OS. The number of benzene rings is 1. The van der Waals surface area contributed by atoms with Crippen LogP contribution in [0.5, 0.6) is 0 Å². The molecule has 1 atom stereocenters. The molecule has 0 bridgehead atoms. The molecule has 1 aliphatic rings. The average Bonchev–Trinajstić information content (AvgIpc) is 2.42. The molecule has 0 unspecified atom stereocenters. The molecule has 3 nitrogen and oxygen atoms in total. The smallest absolute Gasteiger partial charge is 0.0498 e. The molecule has 4 heteroatoms. The maximum absolute atomic E-state index is 11.3. The highest BCUT2D eigenvalue weighted by Crippen LogP contribution is 2.18. The summed E-state index contributed by atoms with van der Waals surface area (Å²) in [5.41, 5.74) is 1.14. The second-order valence-corrected chi connectivity index (χ2v) is 6.62. The molecule has 1 aromatic carbocycles. The molecule has 1 aliphatic heterocycles. The number of likely N-dealkylation sites (tertiary alicyclic amines) is 1. The van der Waals surface area contributed by atoms with E-state index >= 15 is 0 Å². The molecule has 0 spiro atoms. The summed E-state index contributed by atoms with van der Waals surface area (Å²) in [5.74, 6) is 0. The average molecular weight is 280 g/mol. The Kier molecular flexibility index (Phi) is 5.40. The maximum atomic E-state index is 11.3. The Balaban J connectivity index is 1.83. The number of piperidine rings is 1. The molecule has 19 heavy (non-hydrogen) atoms. The summed E-state index contributed by atoms with van der Waals surface area (Å²) in [6.45, 7) is 5.86. The molecule has 0 aromatic heterocycles. The fourth-order valence-corrected chi connectivity index (χ4v) is 3.11. The van der Waals surface area contributed by atoms with Crippen molar-refractivity contribution in [3.63, 3.8) is 0 Å². The van der Waals surface area contributed by atoms with Gasteiger partial charge in [-0.1, -0.05) is 6.92 Å². The van der Waals surface area contributed by atoms with Crippen molar-refractivity contribution in [3.8, 4) is 0 Å². The number of nitrogens with one attached hydrogen (secondary N) is 1. The summed E-state index contributed by atoms with van der Waals surface area (Å²) in [5, 5.41) is 3.58. The van der Waals surface area contributed by atoms with Gasteiger partial charge in [-0.15, -0.1) is 0 Å². The van der Waals surface area contributed by atoms with Gasteiger partial charge in [-0.3, -0.25) is 4.21 Å². The van der Waals surface area contributed by atoms with E-state index in [0.29, 0.717) is 6.04 Å². The second kappa shape index (κ2) is 7.06. The topological polar surface area (TPSA) is 32.3 Å². The highest BCUT2D eigenvalue weighted by atomic mass is 32.2. The summed E-state index contributed by atoms with van der Waals surface area (Å²) < 4.78 is 11.3. The van der Waals surface area contributed by atoms with Crippen molar-refractivity contribution in [1.29, 1.82) is 0 Å². The largest absolute Gasteiger partial charge is 0.382 e. The zero-order valence-electron chi connectivity index (χ0n) is 11.9. The van der Waals surface area contributed by atoms with Crippen LogP contribution in [0, 0.1) is 0 Å². The first kappa shape index (κ1) is 14.5. The van der Waals surface area contributed by atoms with E-state index in [0.717, 1.165) is 10.6 Å². The van der Waals surface area contributed by atoms with E-state index in [-0.39, 0.29) is 0 Å². The van der Waals surface area contributed by atoms with Crippen molar-refractivity contribution in [3.05, 3.63) is 24.3 Å². The Hall–Kier alpha value is -0.870. The van der Waals surface area contributed by atoms with Gasteiger partial charge in [0.1, 0.15) is 0 Å². The van der Waals surface area contributed by atoms with Crippen LogP contribution in [-0.2, 0) is 10.8 Å². The van der Waals surface area contributed by atoms with Crippen LogP contribution in [0.2, 0.25) is 0 Å². The van der Waals surface area contributed by atoms with Crippen LogP contribution in [0.15, 0.2) is 29.2 Å². The first-order chi connectivity index (χ1) is 9.19. The van der Waals surface area contributed by atoms with Crippen LogP contribution in [-0.4, -0.2) is 41.0 Å². The molecule has 0 saturated carbocycles. The quantitative estimate of drug-likeness (QED) is 0.900.